The van der Waals surface area contributed by atoms with Crippen LogP contribution in [0.25, 0.3) is 0 Å². The van der Waals surface area contributed by atoms with E-state index >= 15 is 0 Å². The minimum absolute atomic E-state index is 0.151. The lowest BCUT2D eigenvalue weighted by Gasteiger charge is -2.08. The van der Waals surface area contributed by atoms with E-state index in [4.69, 9.17) is 9.47 Å². The Morgan fingerprint density at radius 1 is 0.964 bits per heavy atom. The number of nitrogens with zero attached hydrogens (tertiary/aromatic N) is 1. The highest BCUT2D eigenvalue weighted by Crippen LogP contribution is 2.19. The number of hydrogen-bond acceptors (Lipinski definition) is 7. The standard InChI is InChI=1S/C21H27NO5S/c1-3-4-5-6-7-13-26-16-8-10-17(11-9-16)27-14-12-19(23)20-22-18(15-28-20)21(24)25-2/h8-11,15H,3-7,12-14H2,1-2H3. The fourth-order valence-corrected chi connectivity index (χ4v) is 3.25. The van der Waals surface area contributed by atoms with Crippen LogP contribution in [0.5, 0.6) is 11.5 Å². The number of rotatable bonds is 13. The fraction of sp³-hybridized carbons (Fsp3) is 0.476. The summed E-state index contributed by atoms with van der Waals surface area (Å²) >= 11 is 1.13. The maximum absolute atomic E-state index is 12.1. The Morgan fingerprint density at radius 3 is 2.25 bits per heavy atom. The number of thiazole rings is 1. The molecule has 2 rings (SSSR count). The third-order valence-corrected chi connectivity index (χ3v) is 4.96. The molecule has 2 aromatic rings. The SMILES string of the molecule is CCCCCCCOc1ccc(OCCC(=O)c2nc(C(=O)OC)cs2)cc1. The first kappa shape index (κ1) is 21.9. The number of Topliss-reactive ketones (excluding diaryl/α,β-unsaturated/α-hetero) is 1. The predicted molar refractivity (Wildman–Crippen MR) is 109 cm³/mol. The molecule has 0 spiro atoms. The van der Waals surface area contributed by atoms with Crippen molar-refractivity contribution in [2.75, 3.05) is 20.3 Å². The molecule has 0 aliphatic rings. The van der Waals surface area contributed by atoms with E-state index in [1.165, 1.54) is 38.2 Å². The van der Waals surface area contributed by atoms with E-state index in [-0.39, 0.29) is 29.5 Å². The third-order valence-electron chi connectivity index (χ3n) is 4.08. The highest BCUT2D eigenvalue weighted by molar-refractivity contribution is 7.11. The number of unbranched alkanes of at least 4 members (excludes halogenated alkanes) is 4. The lowest BCUT2D eigenvalue weighted by molar-refractivity contribution is 0.0595. The third kappa shape index (κ3) is 7.31. The van der Waals surface area contributed by atoms with Gasteiger partial charge < -0.3 is 14.2 Å². The maximum atomic E-state index is 12.1. The van der Waals surface area contributed by atoms with Crippen molar-refractivity contribution in [1.82, 2.24) is 4.98 Å². The number of hydrogen-bond donors (Lipinski definition) is 0. The predicted octanol–water partition coefficient (Wildman–Crippen LogP) is 4.93. The molecule has 28 heavy (non-hydrogen) atoms. The number of ether oxygens (including phenoxy) is 3. The first-order chi connectivity index (χ1) is 13.6. The van der Waals surface area contributed by atoms with E-state index in [9.17, 15) is 9.59 Å². The van der Waals surface area contributed by atoms with Crippen molar-refractivity contribution in [3.8, 4) is 11.5 Å². The summed E-state index contributed by atoms with van der Waals surface area (Å²) in [6, 6.07) is 7.39. The van der Waals surface area contributed by atoms with Gasteiger partial charge in [-0.25, -0.2) is 9.78 Å². The van der Waals surface area contributed by atoms with Crippen LogP contribution in [0, 0.1) is 0 Å². The molecule has 1 aromatic heterocycles. The van der Waals surface area contributed by atoms with Crippen LogP contribution in [0.1, 0.15) is 65.7 Å². The number of benzene rings is 1. The van der Waals surface area contributed by atoms with Crippen molar-refractivity contribution in [2.24, 2.45) is 0 Å². The molecule has 0 unspecified atom stereocenters. The second-order valence-electron chi connectivity index (χ2n) is 6.29. The minimum atomic E-state index is -0.546. The van der Waals surface area contributed by atoms with Gasteiger partial charge in [0, 0.05) is 11.8 Å². The van der Waals surface area contributed by atoms with Gasteiger partial charge in [0.15, 0.2) is 16.5 Å². The molecule has 0 radical (unpaired) electrons. The summed E-state index contributed by atoms with van der Waals surface area (Å²) < 4.78 is 15.9. The summed E-state index contributed by atoms with van der Waals surface area (Å²) in [6.07, 6.45) is 6.23. The average Bonchev–Trinajstić information content (AvgIpc) is 3.21. The van der Waals surface area contributed by atoms with Gasteiger partial charge in [0.05, 0.1) is 20.3 Å². The zero-order chi connectivity index (χ0) is 20.2. The van der Waals surface area contributed by atoms with Crippen LogP contribution < -0.4 is 9.47 Å². The van der Waals surface area contributed by atoms with Crippen molar-refractivity contribution >= 4 is 23.1 Å². The molecule has 152 valence electrons. The molecule has 0 saturated carbocycles. The number of ketones is 1. The second-order valence-corrected chi connectivity index (χ2v) is 7.14. The van der Waals surface area contributed by atoms with Crippen LogP contribution >= 0.6 is 11.3 Å². The lowest BCUT2D eigenvalue weighted by Crippen LogP contribution is -2.08. The van der Waals surface area contributed by atoms with Gasteiger partial charge in [-0.3, -0.25) is 4.79 Å². The minimum Gasteiger partial charge on any atom is -0.494 e. The Bertz CT molecular complexity index is 742. The Hall–Kier alpha value is -2.41. The Morgan fingerprint density at radius 2 is 1.61 bits per heavy atom. The molecule has 0 bridgehead atoms. The summed E-state index contributed by atoms with van der Waals surface area (Å²) in [4.78, 5) is 27.5. The van der Waals surface area contributed by atoms with Gasteiger partial charge in [-0.1, -0.05) is 32.6 Å². The second kappa shape index (κ2) is 12.1. The van der Waals surface area contributed by atoms with Crippen molar-refractivity contribution in [3.05, 3.63) is 40.3 Å². The topological polar surface area (TPSA) is 74.7 Å². The Labute approximate surface area is 169 Å². The van der Waals surface area contributed by atoms with Gasteiger partial charge in [-0.05, 0) is 30.7 Å². The Balaban J connectivity index is 1.68. The van der Waals surface area contributed by atoms with Crippen LogP contribution in [0.4, 0.5) is 0 Å². The highest BCUT2D eigenvalue weighted by Gasteiger charge is 2.15. The molecule has 1 heterocycles. The van der Waals surface area contributed by atoms with E-state index in [1.54, 1.807) is 0 Å². The smallest absolute Gasteiger partial charge is 0.357 e. The first-order valence-corrected chi connectivity index (χ1v) is 10.4. The van der Waals surface area contributed by atoms with Gasteiger partial charge in [0.25, 0.3) is 0 Å². The van der Waals surface area contributed by atoms with E-state index in [0.717, 1.165) is 30.1 Å². The van der Waals surface area contributed by atoms with Gasteiger partial charge in [0.2, 0.25) is 0 Å². The summed E-state index contributed by atoms with van der Waals surface area (Å²) in [5.74, 6) is 0.785. The van der Waals surface area contributed by atoms with E-state index in [1.807, 2.05) is 24.3 Å². The number of carbonyl (C=O) groups excluding carboxylic acids is 2. The molecule has 0 atom stereocenters. The largest absolute Gasteiger partial charge is 0.494 e. The molecule has 0 N–H and O–H groups in total. The maximum Gasteiger partial charge on any atom is 0.357 e. The molecule has 7 heteroatoms. The first-order valence-electron chi connectivity index (χ1n) is 9.56. The number of aromatic nitrogens is 1. The zero-order valence-electron chi connectivity index (χ0n) is 16.4. The molecule has 0 fully saturated rings. The Kier molecular flexibility index (Phi) is 9.48. The van der Waals surface area contributed by atoms with Crippen LogP contribution in [-0.4, -0.2) is 37.1 Å². The molecule has 1 aromatic carbocycles. The van der Waals surface area contributed by atoms with Crippen molar-refractivity contribution < 1.29 is 23.8 Å². The highest BCUT2D eigenvalue weighted by atomic mass is 32.1. The quantitative estimate of drug-likeness (QED) is 0.267. The molecular weight excluding hydrogens is 378 g/mol. The molecular formula is C21H27NO5S. The van der Waals surface area contributed by atoms with Gasteiger partial charge >= 0.3 is 5.97 Å². The zero-order valence-corrected chi connectivity index (χ0v) is 17.3. The van der Waals surface area contributed by atoms with Gasteiger partial charge in [-0.15, -0.1) is 11.3 Å². The number of methoxy groups -OCH3 is 1. The lowest BCUT2D eigenvalue weighted by atomic mass is 10.2. The van der Waals surface area contributed by atoms with Crippen molar-refractivity contribution in [3.63, 3.8) is 0 Å². The van der Waals surface area contributed by atoms with E-state index in [0.29, 0.717) is 5.75 Å². The van der Waals surface area contributed by atoms with Crippen LogP contribution in [0.2, 0.25) is 0 Å². The summed E-state index contributed by atoms with van der Waals surface area (Å²) in [7, 11) is 1.28. The van der Waals surface area contributed by atoms with Crippen molar-refractivity contribution in [2.45, 2.75) is 45.4 Å². The molecule has 0 aliphatic heterocycles. The molecule has 0 saturated heterocycles. The number of esters is 1. The van der Waals surface area contributed by atoms with Crippen LogP contribution in [-0.2, 0) is 4.74 Å². The summed E-state index contributed by atoms with van der Waals surface area (Å²) in [5, 5.41) is 1.80. The number of carbonyl (C=O) groups is 2. The van der Waals surface area contributed by atoms with Crippen LogP contribution in [0.15, 0.2) is 29.6 Å². The van der Waals surface area contributed by atoms with Crippen molar-refractivity contribution in [1.29, 1.82) is 0 Å². The van der Waals surface area contributed by atoms with Gasteiger partial charge in [-0.2, -0.15) is 0 Å². The van der Waals surface area contributed by atoms with Crippen LogP contribution in [0.3, 0.4) is 0 Å². The summed E-state index contributed by atoms with van der Waals surface area (Å²) in [6.45, 7) is 3.17. The average molecular weight is 406 g/mol. The normalized spacial score (nSPS) is 10.5. The molecule has 0 aliphatic carbocycles. The molecule has 6 nitrogen and oxygen atoms in total. The molecule has 0 amide bonds. The van der Waals surface area contributed by atoms with E-state index < -0.39 is 5.97 Å². The fourth-order valence-electron chi connectivity index (χ4n) is 2.50. The summed E-state index contributed by atoms with van der Waals surface area (Å²) in [5.41, 5.74) is 0.151. The monoisotopic (exact) mass is 405 g/mol. The van der Waals surface area contributed by atoms with E-state index in [2.05, 4.69) is 16.6 Å². The van der Waals surface area contributed by atoms with Gasteiger partial charge in [0.1, 0.15) is 11.5 Å².